The van der Waals surface area contributed by atoms with E-state index in [1.165, 1.54) is 67.5 Å². The summed E-state index contributed by atoms with van der Waals surface area (Å²) < 4.78 is 88.4. The van der Waals surface area contributed by atoms with Gasteiger partial charge in [-0.25, -0.2) is 58.8 Å². The minimum absolute atomic E-state index is 0. The summed E-state index contributed by atoms with van der Waals surface area (Å²) in [5, 5.41) is 24.1. The van der Waals surface area contributed by atoms with E-state index < -0.39 is 89.1 Å². The number of hydroxylamine groups is 1. The van der Waals surface area contributed by atoms with E-state index >= 15 is 0 Å². The van der Waals surface area contributed by atoms with E-state index in [1.807, 2.05) is 47.6 Å². The number of aromatic carboxylic acids is 1. The number of thiol groups is 1. The minimum Gasteiger partial charge on any atom is -0.870 e. The Bertz CT molecular complexity index is 4230. The molecule has 0 aliphatic carbocycles. The van der Waals surface area contributed by atoms with Gasteiger partial charge in [-0.3, -0.25) is 33.3 Å². The molecule has 3 saturated heterocycles. The van der Waals surface area contributed by atoms with Crippen LogP contribution in [0.2, 0.25) is 19.6 Å². The number of carboxylic acid groups (broad SMARTS) is 2. The summed E-state index contributed by atoms with van der Waals surface area (Å²) in [7, 11) is 7.27. The first-order valence-electron chi connectivity index (χ1n) is 41.2. The summed E-state index contributed by atoms with van der Waals surface area (Å²) in [6.45, 7) is 48.5. The van der Waals surface area contributed by atoms with Gasteiger partial charge in [0.1, 0.15) is 38.4 Å². The Kier molecular flexibility index (Phi) is 77.8. The van der Waals surface area contributed by atoms with Crippen molar-refractivity contribution in [1.82, 2.24) is 55.0 Å². The number of imidazole rings is 3. The summed E-state index contributed by atoms with van der Waals surface area (Å²) in [6, 6.07) is 21.0. The van der Waals surface area contributed by atoms with E-state index in [9.17, 15) is 52.7 Å². The number of carbonyl (C=O) groups excluding carboxylic acids is 9. The van der Waals surface area contributed by atoms with Gasteiger partial charge in [-0.2, -0.15) is 8.42 Å². The molecule has 1 radical (unpaired) electrons. The molecule has 135 heavy (non-hydrogen) atoms. The molecule has 0 unspecified atom stereocenters. The predicted molar refractivity (Wildman–Crippen MR) is 512 cm³/mol. The maximum absolute atomic E-state index is 11.9. The summed E-state index contributed by atoms with van der Waals surface area (Å²) in [6.07, 6.45) is 6.72. The van der Waals surface area contributed by atoms with Crippen molar-refractivity contribution in [3.63, 3.8) is 0 Å². The molecule has 3 aliphatic rings. The molecule has 0 saturated carbocycles. The van der Waals surface area contributed by atoms with Gasteiger partial charge in [-0.05, 0) is 178 Å². The fraction of sp³-hybridized carbons (Fsp3) is 0.600. The first-order valence-corrected chi connectivity index (χ1v) is 48.3. The number of nitrogens with zero attached hydrogens (tertiary/aromatic N) is 8. The number of aliphatic carboxylic acids is 1. The van der Waals surface area contributed by atoms with Gasteiger partial charge in [0.25, 0.3) is 0 Å². The van der Waals surface area contributed by atoms with Crippen LogP contribution in [0.5, 0.6) is 0 Å². The molecule has 0 spiro atoms. The number of carbonyl (C=O) groups is 11. The topological polar surface area (TPSA) is 587 Å². The number of carboxylic acids is 2. The van der Waals surface area contributed by atoms with Gasteiger partial charge in [-0.15, -0.1) is 0 Å². The molecule has 763 valence electrons. The first-order chi connectivity index (χ1) is 61.6. The van der Waals surface area contributed by atoms with Crippen LogP contribution in [0.3, 0.4) is 0 Å². The van der Waals surface area contributed by atoms with Crippen LogP contribution < -0.4 is 35.0 Å². The van der Waals surface area contributed by atoms with E-state index in [-0.39, 0.29) is 101 Å². The SMILES string of the molecule is C/C=C/C(=O)OCC.CC(C)(C)OC(=O)OC(=O)OC(C)(C)C.CCOC(=O)[C@@H]1CN(C(=O)OC(C)(C)C)C[C@H]1C.CCOC(=O)[C@@H]1CN(Cc2ccccc2)C[C@H]1C.CNOC.CO.COC(=O)c1cnc[nH]1.COC(=O)c1nc(Br)[nH]c1Br.COCN(Cc1ccccc1)C[Si](C)(C)C.C[C@@H]1CN(C(=O)OC(C)(C)C)C[C@H]1C(=O)O.O=C(O)c1cnc[nH]1.O=S(=O)(O)O.[B]=NS.[Na+].[OH-]. The third-order valence-electron chi connectivity index (χ3n) is 15.6. The fourth-order valence-corrected chi connectivity index (χ4v) is 13.2. The number of likely N-dealkylation sites (tertiary alicyclic amines) is 3. The van der Waals surface area contributed by atoms with Crippen LogP contribution in [0.1, 0.15) is 174 Å². The molecule has 3 aromatic heterocycles. The maximum atomic E-state index is 11.9. The van der Waals surface area contributed by atoms with Crippen molar-refractivity contribution < 1.29 is 178 Å². The van der Waals surface area contributed by atoms with E-state index in [0.29, 0.717) is 60.4 Å². The van der Waals surface area contributed by atoms with Crippen molar-refractivity contribution in [1.29, 1.82) is 0 Å². The van der Waals surface area contributed by atoms with E-state index in [0.717, 1.165) is 40.0 Å². The Morgan fingerprint density at radius 2 is 1.00 bits per heavy atom. The smallest absolute Gasteiger partial charge is 0.870 e. The van der Waals surface area contributed by atoms with Crippen molar-refractivity contribution in [2.75, 3.05) is 115 Å². The average molecular weight is 2110 g/mol. The van der Waals surface area contributed by atoms with Crippen molar-refractivity contribution >= 4 is 137 Å². The fourth-order valence-electron chi connectivity index (χ4n) is 10.5. The third kappa shape index (κ3) is 76.1. The Hall–Kier alpha value is -8.64. The molecular formula is C85H143BBr2N12NaO31S2Si. The number of methoxy groups -OCH3 is 3. The summed E-state index contributed by atoms with van der Waals surface area (Å²) >= 11 is 9.38. The Morgan fingerprint density at radius 3 is 1.31 bits per heavy atom. The zero-order chi connectivity index (χ0) is 104. The minimum atomic E-state index is -4.67. The molecular weight excluding hydrogens is 1970 g/mol. The Balaban J connectivity index is -0.000000270. The number of amides is 2. The monoisotopic (exact) mass is 2110 g/mol. The van der Waals surface area contributed by atoms with E-state index in [2.05, 4.69) is 207 Å². The van der Waals surface area contributed by atoms with E-state index in [4.69, 9.17) is 66.0 Å². The van der Waals surface area contributed by atoms with Crippen molar-refractivity contribution in [2.24, 2.45) is 39.8 Å². The van der Waals surface area contributed by atoms with Gasteiger partial charge in [0.2, 0.25) is 0 Å². The number of ether oxygens (including phenoxy) is 11. The van der Waals surface area contributed by atoms with Crippen LogP contribution in [0.25, 0.3) is 0 Å². The van der Waals surface area contributed by atoms with Gasteiger partial charge in [-0.1, -0.05) is 107 Å². The summed E-state index contributed by atoms with van der Waals surface area (Å²) in [5.41, 5.74) is 3.37. The van der Waals surface area contributed by atoms with Gasteiger partial charge >= 0.3 is 131 Å². The normalized spacial score (nSPS) is 15.5. The van der Waals surface area contributed by atoms with Crippen molar-refractivity contribution in [3.8, 4) is 0 Å². The number of esters is 5. The van der Waals surface area contributed by atoms with Crippen LogP contribution in [0.4, 0.5) is 19.2 Å². The van der Waals surface area contributed by atoms with Crippen LogP contribution in [0, 0.1) is 35.5 Å². The molecule has 50 heteroatoms. The van der Waals surface area contributed by atoms with Gasteiger partial charge < -0.3 is 102 Å². The number of halogens is 2. The largest absolute Gasteiger partial charge is 1.00 e. The second kappa shape index (κ2) is 75.4. The number of aromatic amines is 3. The molecule has 6 atom stereocenters. The number of nitrogens with one attached hydrogen (secondary N) is 4. The number of allylic oxidation sites excluding steroid dienone is 1. The predicted octanol–water partition coefficient (Wildman–Crippen LogP) is 10.7. The molecule has 6 heterocycles. The van der Waals surface area contributed by atoms with Crippen LogP contribution in [0.15, 0.2) is 112 Å². The standard InChI is InChI=1S/C15H21NO2.C13H23NO4.C13H23NOSi.C11H19NO4.C10H18O5.C6H10O2.C5H4Br2N2O2.C5H6N2O2.C4H4N2O2.C2H7NO.CH4O.BHNS.Na.H2O4S.H2O/c1-3-18-15(17)14-11-16(9-12(14)2)10-13-7-5-4-6-8-13;1-6-17-11(15)10-8-14(7-9(10)2)12(16)18-13(3,4)5;1-15-11-14(12-16(2,3)4)10-13-8-6-5-7-9-13;1-7-5-12(6-8(7)9(13)14)10(15)16-11(2,3)4;1-9(2,3)14-7(11)13-8(12)15-10(4,5)6;1-3-5-6(7)8-4-2;1-11-4(10)2-3(6)9-5(7)8-2;1-9-5(8)4-2-6-3-7-4;7-4(8)3-1-5-2-6-3;1-3-4-2;1-2;1-2-3;;1-5(2,3)4;/h4-8,12,14H,3,9-11H2,1-2H3;9-10H,6-8H2,1-5H3;5-9H,10-12H2,1-4H3;7-8H,5-6H2,1-4H3,(H,13,14);1-6H3;3,5H,4H2,1-2H3;1H3,(H,8,9);2-3H,1H3,(H,6,7);1-2H,(H,5,6)(H,7,8);3H,1-2H3;2H,1H3;3H;;(H2,1,2,3,4);1H2/q;;;;;;;;;;;;+1;;/p-1/b;;;;;5-3+;;;;;;;;;/t12-,14-;9-,10-;;7-,8-;;;;;;;;;;;/m11.1.........../s1. The maximum Gasteiger partial charge on any atom is 1.00 e. The van der Waals surface area contributed by atoms with E-state index in [1.54, 1.807) is 115 Å². The molecule has 3 fully saturated rings. The number of benzene rings is 2. The number of H-pyrrole nitrogens is 3. The van der Waals surface area contributed by atoms with Gasteiger partial charge in [0, 0.05) is 79.7 Å². The zero-order valence-electron chi connectivity index (χ0n) is 83.1. The average Bonchev–Trinajstić information content (AvgIpc) is 1.69. The molecule has 8 rings (SSSR count). The van der Waals surface area contributed by atoms with Crippen LogP contribution in [-0.4, -0.2) is 307 Å². The molecule has 10 N–H and O–H groups in total. The molecule has 43 nitrogen and oxygen atoms in total. The second-order valence-electron chi connectivity index (χ2n) is 33.2. The number of aromatic nitrogens is 6. The number of hydrogen-bond donors (Lipinski definition) is 10. The summed E-state index contributed by atoms with van der Waals surface area (Å²) in [5.74, 6) is -3.45. The van der Waals surface area contributed by atoms with Crippen LogP contribution in [-0.2, 0) is 99.6 Å². The number of aliphatic hydroxyl groups is 1. The number of hydrogen-bond acceptors (Lipinski definition) is 35. The van der Waals surface area contributed by atoms with Crippen molar-refractivity contribution in [2.45, 2.75) is 187 Å². The summed E-state index contributed by atoms with van der Waals surface area (Å²) in [4.78, 5) is 153. The number of rotatable bonds is 19. The second-order valence-corrected chi connectivity index (χ2v) is 41.3. The quantitative estimate of drug-likeness (QED) is 0.00422. The van der Waals surface area contributed by atoms with Gasteiger partial charge in [0.15, 0.2) is 10.4 Å². The number of aliphatic hydroxyl groups excluding tert-OH is 1. The Labute approximate surface area is 840 Å². The molecule has 2 aromatic carbocycles. The first kappa shape index (κ1) is 139. The van der Waals surface area contributed by atoms with Crippen molar-refractivity contribution in [3.05, 3.63) is 135 Å². The molecule has 5 aromatic rings. The van der Waals surface area contributed by atoms with Crippen LogP contribution >= 0.6 is 44.7 Å². The molecule has 3 aliphatic heterocycles. The van der Waals surface area contributed by atoms with Gasteiger partial charge in [0.05, 0.1) is 98.8 Å². The molecule has 0 bridgehead atoms. The third-order valence-corrected chi connectivity index (χ3v) is 17.9. The Morgan fingerprint density at radius 1 is 0.622 bits per heavy atom. The molecule has 2 amide bonds. The zero-order valence-corrected chi connectivity index (χ0v) is 90.9.